The number of amides is 1. The average Bonchev–Trinajstić information content (AvgIpc) is 2.48. The quantitative estimate of drug-likeness (QED) is 0.751. The summed E-state index contributed by atoms with van der Waals surface area (Å²) in [6, 6.07) is 9.67. The number of carbonyl (C=O) groups excluding carboxylic acids is 1. The van der Waals surface area contributed by atoms with Gasteiger partial charge in [-0.25, -0.2) is 0 Å². The summed E-state index contributed by atoms with van der Waals surface area (Å²) in [6.07, 6.45) is 4.75. The van der Waals surface area contributed by atoms with Gasteiger partial charge in [-0.1, -0.05) is 57.0 Å². The molecule has 0 radical (unpaired) electrons. The third-order valence-corrected chi connectivity index (χ3v) is 3.54. The van der Waals surface area contributed by atoms with Crippen LogP contribution in [0.5, 0.6) is 0 Å². The smallest absolute Gasteiger partial charge is 0.224 e. The first kappa shape index (κ1) is 19.9. The zero-order valence-corrected chi connectivity index (χ0v) is 14.1. The second-order valence-corrected chi connectivity index (χ2v) is 5.31. The molecular formula is C17H29ClN2O. The number of benzene rings is 1. The van der Waals surface area contributed by atoms with Crippen LogP contribution in [0, 0.1) is 0 Å². The molecule has 120 valence electrons. The molecule has 0 aromatic heterocycles. The van der Waals surface area contributed by atoms with Crippen LogP contribution in [0.4, 0.5) is 0 Å². The SMILES string of the molecule is CCCCN(CCCC)C(=O)CC(N)c1ccccc1.Cl. The third-order valence-electron chi connectivity index (χ3n) is 3.54. The van der Waals surface area contributed by atoms with Crippen LogP contribution in [0.1, 0.15) is 57.6 Å². The van der Waals surface area contributed by atoms with Crippen molar-refractivity contribution in [3.05, 3.63) is 35.9 Å². The van der Waals surface area contributed by atoms with Crippen molar-refractivity contribution >= 4 is 18.3 Å². The summed E-state index contributed by atoms with van der Waals surface area (Å²) in [5.41, 5.74) is 7.18. The van der Waals surface area contributed by atoms with Crippen molar-refractivity contribution in [3.8, 4) is 0 Å². The van der Waals surface area contributed by atoms with Crippen molar-refractivity contribution in [3.63, 3.8) is 0 Å². The molecule has 21 heavy (non-hydrogen) atoms. The summed E-state index contributed by atoms with van der Waals surface area (Å²) in [7, 11) is 0. The molecule has 0 saturated heterocycles. The summed E-state index contributed by atoms with van der Waals surface area (Å²) in [5, 5.41) is 0. The largest absolute Gasteiger partial charge is 0.343 e. The molecule has 2 N–H and O–H groups in total. The predicted molar refractivity (Wildman–Crippen MR) is 91.6 cm³/mol. The van der Waals surface area contributed by atoms with Crippen molar-refractivity contribution in [1.82, 2.24) is 4.90 Å². The van der Waals surface area contributed by atoms with Crippen molar-refractivity contribution in [2.24, 2.45) is 5.73 Å². The Balaban J connectivity index is 0.00000400. The number of nitrogens with two attached hydrogens (primary N) is 1. The van der Waals surface area contributed by atoms with Gasteiger partial charge in [0.2, 0.25) is 5.91 Å². The fourth-order valence-corrected chi connectivity index (χ4v) is 2.19. The van der Waals surface area contributed by atoms with Crippen LogP contribution < -0.4 is 5.73 Å². The Morgan fingerprint density at radius 2 is 1.62 bits per heavy atom. The fraction of sp³-hybridized carbons (Fsp3) is 0.588. The van der Waals surface area contributed by atoms with Crippen LogP contribution >= 0.6 is 12.4 Å². The van der Waals surface area contributed by atoms with E-state index >= 15 is 0 Å². The van der Waals surface area contributed by atoms with Crippen LogP contribution in [0.3, 0.4) is 0 Å². The van der Waals surface area contributed by atoms with E-state index in [9.17, 15) is 4.79 Å². The molecule has 0 heterocycles. The van der Waals surface area contributed by atoms with Crippen LogP contribution in [-0.2, 0) is 4.79 Å². The van der Waals surface area contributed by atoms with E-state index in [1.807, 2.05) is 35.2 Å². The topological polar surface area (TPSA) is 46.3 Å². The number of hydrogen-bond donors (Lipinski definition) is 1. The molecule has 1 amide bonds. The molecule has 0 aliphatic carbocycles. The summed E-state index contributed by atoms with van der Waals surface area (Å²) in [4.78, 5) is 14.4. The molecule has 1 rings (SSSR count). The first-order valence-electron chi connectivity index (χ1n) is 7.77. The van der Waals surface area contributed by atoms with Gasteiger partial charge < -0.3 is 10.6 Å². The zero-order chi connectivity index (χ0) is 14.8. The van der Waals surface area contributed by atoms with Crippen molar-refractivity contribution < 1.29 is 4.79 Å². The van der Waals surface area contributed by atoms with E-state index < -0.39 is 0 Å². The second kappa shape index (κ2) is 11.6. The van der Waals surface area contributed by atoms with Crippen molar-refractivity contribution in [1.29, 1.82) is 0 Å². The molecule has 0 fully saturated rings. The maximum absolute atomic E-state index is 12.4. The molecule has 1 unspecified atom stereocenters. The van der Waals surface area contributed by atoms with Crippen LogP contribution in [0.15, 0.2) is 30.3 Å². The van der Waals surface area contributed by atoms with Gasteiger partial charge in [-0.15, -0.1) is 12.4 Å². The van der Waals surface area contributed by atoms with Gasteiger partial charge in [0, 0.05) is 25.6 Å². The first-order valence-corrected chi connectivity index (χ1v) is 7.77. The van der Waals surface area contributed by atoms with Gasteiger partial charge in [0.15, 0.2) is 0 Å². The third kappa shape index (κ3) is 7.49. The normalized spacial score (nSPS) is 11.6. The molecule has 1 aromatic carbocycles. The van der Waals surface area contributed by atoms with Crippen LogP contribution in [0.2, 0.25) is 0 Å². The molecule has 1 atom stereocenters. The number of halogens is 1. The van der Waals surface area contributed by atoms with E-state index in [0.29, 0.717) is 6.42 Å². The van der Waals surface area contributed by atoms with E-state index in [-0.39, 0.29) is 24.4 Å². The summed E-state index contributed by atoms with van der Waals surface area (Å²) in [6.45, 7) is 6.02. The van der Waals surface area contributed by atoms with Gasteiger partial charge in [0.05, 0.1) is 0 Å². The van der Waals surface area contributed by atoms with Gasteiger partial charge in [-0.05, 0) is 18.4 Å². The van der Waals surface area contributed by atoms with E-state index in [4.69, 9.17) is 5.73 Å². The first-order chi connectivity index (χ1) is 9.69. The Morgan fingerprint density at radius 3 is 2.10 bits per heavy atom. The molecule has 0 aliphatic rings. The lowest BCUT2D eigenvalue weighted by atomic mass is 10.0. The minimum absolute atomic E-state index is 0. The lowest BCUT2D eigenvalue weighted by molar-refractivity contribution is -0.131. The summed E-state index contributed by atoms with van der Waals surface area (Å²) in [5.74, 6) is 0.184. The van der Waals surface area contributed by atoms with E-state index in [1.165, 1.54) is 0 Å². The Bertz CT molecular complexity index is 376. The molecular weight excluding hydrogens is 284 g/mol. The molecule has 4 heteroatoms. The molecule has 0 aliphatic heterocycles. The fourth-order valence-electron chi connectivity index (χ4n) is 2.19. The minimum atomic E-state index is -0.200. The Hall–Kier alpha value is -1.06. The minimum Gasteiger partial charge on any atom is -0.343 e. The highest BCUT2D eigenvalue weighted by molar-refractivity contribution is 5.85. The van der Waals surface area contributed by atoms with E-state index in [0.717, 1.165) is 44.3 Å². The van der Waals surface area contributed by atoms with Crippen LogP contribution in [0.25, 0.3) is 0 Å². The molecule has 0 saturated carbocycles. The van der Waals surface area contributed by atoms with E-state index in [2.05, 4.69) is 13.8 Å². The lowest BCUT2D eigenvalue weighted by Gasteiger charge is -2.24. The average molecular weight is 313 g/mol. The summed E-state index contributed by atoms with van der Waals surface area (Å²) >= 11 is 0. The van der Waals surface area contributed by atoms with Crippen molar-refractivity contribution in [2.45, 2.75) is 52.0 Å². The number of unbranched alkanes of at least 4 members (excludes halogenated alkanes) is 2. The Labute approximate surface area is 135 Å². The monoisotopic (exact) mass is 312 g/mol. The highest BCUT2D eigenvalue weighted by Gasteiger charge is 2.17. The zero-order valence-electron chi connectivity index (χ0n) is 13.3. The van der Waals surface area contributed by atoms with Crippen molar-refractivity contribution in [2.75, 3.05) is 13.1 Å². The molecule has 0 bridgehead atoms. The van der Waals surface area contributed by atoms with Gasteiger partial charge in [-0.3, -0.25) is 4.79 Å². The predicted octanol–water partition coefficient (Wildman–Crippen LogP) is 3.93. The van der Waals surface area contributed by atoms with Gasteiger partial charge in [0.1, 0.15) is 0 Å². The standard InChI is InChI=1S/C17H28N2O.ClH/c1-3-5-12-19(13-6-4-2)17(20)14-16(18)15-10-8-7-9-11-15;/h7-11,16H,3-6,12-14,18H2,1-2H3;1H. The number of nitrogens with zero attached hydrogens (tertiary/aromatic N) is 1. The number of carbonyl (C=O) groups is 1. The Morgan fingerprint density at radius 1 is 1.10 bits per heavy atom. The lowest BCUT2D eigenvalue weighted by Crippen LogP contribution is -2.35. The van der Waals surface area contributed by atoms with Gasteiger partial charge in [0.25, 0.3) is 0 Å². The second-order valence-electron chi connectivity index (χ2n) is 5.31. The maximum atomic E-state index is 12.4. The van der Waals surface area contributed by atoms with Gasteiger partial charge >= 0.3 is 0 Å². The maximum Gasteiger partial charge on any atom is 0.224 e. The number of rotatable bonds is 9. The number of hydrogen-bond acceptors (Lipinski definition) is 2. The molecule has 3 nitrogen and oxygen atoms in total. The molecule has 0 spiro atoms. The van der Waals surface area contributed by atoms with E-state index in [1.54, 1.807) is 0 Å². The summed E-state index contributed by atoms with van der Waals surface area (Å²) < 4.78 is 0. The van der Waals surface area contributed by atoms with Crippen LogP contribution in [-0.4, -0.2) is 23.9 Å². The highest BCUT2D eigenvalue weighted by Crippen LogP contribution is 2.15. The Kier molecular flexibility index (Phi) is 11.0. The highest BCUT2D eigenvalue weighted by atomic mass is 35.5. The van der Waals surface area contributed by atoms with Gasteiger partial charge in [-0.2, -0.15) is 0 Å². The molecule has 1 aromatic rings.